The van der Waals surface area contributed by atoms with E-state index >= 15 is 0 Å². The molecule has 1 unspecified atom stereocenters. The van der Waals surface area contributed by atoms with Crippen molar-refractivity contribution in [2.75, 3.05) is 13.2 Å². The number of rotatable bonds is 2. The maximum Gasteiger partial charge on any atom is 0.253 e. The van der Waals surface area contributed by atoms with Gasteiger partial charge in [-0.3, -0.25) is 4.79 Å². The van der Waals surface area contributed by atoms with E-state index in [4.69, 9.17) is 4.74 Å². The Morgan fingerprint density at radius 3 is 3.00 bits per heavy atom. The second kappa shape index (κ2) is 4.17. The second-order valence-corrected chi connectivity index (χ2v) is 4.19. The summed E-state index contributed by atoms with van der Waals surface area (Å²) in [4.78, 5) is 15.2. The first kappa shape index (κ1) is 11.0. The van der Waals surface area contributed by atoms with E-state index in [2.05, 4.69) is 10.3 Å². The van der Waals surface area contributed by atoms with Gasteiger partial charge in [0.05, 0.1) is 17.7 Å². The van der Waals surface area contributed by atoms with Crippen LogP contribution in [0.5, 0.6) is 0 Å². The molecule has 0 bridgehead atoms. The molecule has 1 amide bonds. The van der Waals surface area contributed by atoms with E-state index in [0.29, 0.717) is 18.8 Å². The second-order valence-electron chi connectivity index (χ2n) is 4.19. The lowest BCUT2D eigenvalue weighted by Gasteiger charge is -2.23. The van der Waals surface area contributed by atoms with Crippen LogP contribution in [0.4, 0.5) is 4.39 Å². The van der Waals surface area contributed by atoms with Gasteiger partial charge in [0, 0.05) is 12.8 Å². The Morgan fingerprint density at radius 1 is 1.62 bits per heavy atom. The van der Waals surface area contributed by atoms with Crippen molar-refractivity contribution in [1.82, 2.24) is 10.3 Å². The molecule has 1 aromatic rings. The molecule has 2 heterocycles. The lowest BCUT2D eigenvalue weighted by molar-refractivity contribution is 0.0889. The van der Waals surface area contributed by atoms with Crippen LogP contribution in [0.1, 0.15) is 23.7 Å². The van der Waals surface area contributed by atoms with E-state index < -0.39 is 5.95 Å². The molecule has 1 aliphatic rings. The highest BCUT2D eigenvalue weighted by Gasteiger charge is 2.31. The van der Waals surface area contributed by atoms with Crippen molar-refractivity contribution in [3.05, 3.63) is 29.8 Å². The van der Waals surface area contributed by atoms with Gasteiger partial charge in [-0.25, -0.2) is 4.98 Å². The fourth-order valence-corrected chi connectivity index (χ4v) is 1.62. The Balaban J connectivity index is 2.05. The molecule has 16 heavy (non-hydrogen) atoms. The van der Waals surface area contributed by atoms with Crippen molar-refractivity contribution in [1.29, 1.82) is 0 Å². The average molecular weight is 224 g/mol. The van der Waals surface area contributed by atoms with Gasteiger partial charge in [-0.05, 0) is 25.5 Å². The summed E-state index contributed by atoms with van der Waals surface area (Å²) in [5, 5.41) is 2.86. The molecular formula is C11H13FN2O2. The van der Waals surface area contributed by atoms with Gasteiger partial charge in [0.15, 0.2) is 0 Å². The largest absolute Gasteiger partial charge is 0.379 e. The minimum Gasteiger partial charge on any atom is -0.379 e. The van der Waals surface area contributed by atoms with Crippen LogP contribution in [0.3, 0.4) is 0 Å². The molecule has 1 N–H and O–H groups in total. The predicted molar refractivity (Wildman–Crippen MR) is 55.5 cm³/mol. The third-order valence-corrected chi connectivity index (χ3v) is 2.62. The van der Waals surface area contributed by atoms with Crippen molar-refractivity contribution in [3.63, 3.8) is 0 Å². The van der Waals surface area contributed by atoms with Crippen LogP contribution in [0, 0.1) is 5.95 Å². The van der Waals surface area contributed by atoms with Crippen molar-refractivity contribution in [3.8, 4) is 0 Å². The van der Waals surface area contributed by atoms with Gasteiger partial charge >= 0.3 is 0 Å². The maximum absolute atomic E-state index is 12.6. The lowest BCUT2D eigenvalue weighted by Crippen LogP contribution is -2.46. The Labute approximate surface area is 92.8 Å². The Kier molecular flexibility index (Phi) is 2.87. The minimum absolute atomic E-state index is 0.250. The van der Waals surface area contributed by atoms with Crippen LogP contribution < -0.4 is 5.32 Å². The highest BCUT2D eigenvalue weighted by atomic mass is 19.1. The molecule has 86 valence electrons. The van der Waals surface area contributed by atoms with Gasteiger partial charge in [0.25, 0.3) is 5.91 Å². The minimum atomic E-state index is -0.591. The molecule has 0 saturated carbocycles. The quantitative estimate of drug-likeness (QED) is 0.766. The van der Waals surface area contributed by atoms with Crippen LogP contribution in [0.25, 0.3) is 0 Å². The number of halogens is 1. The van der Waals surface area contributed by atoms with Crippen LogP contribution in [-0.2, 0) is 4.74 Å². The molecule has 0 aromatic carbocycles. The number of aromatic nitrogens is 1. The van der Waals surface area contributed by atoms with Crippen LogP contribution in [0.15, 0.2) is 18.3 Å². The van der Waals surface area contributed by atoms with Gasteiger partial charge in [0.1, 0.15) is 0 Å². The summed E-state index contributed by atoms with van der Waals surface area (Å²) in [6.07, 6.45) is 2.01. The summed E-state index contributed by atoms with van der Waals surface area (Å²) in [5.41, 5.74) is 0.0281. The molecule has 4 nitrogen and oxygen atoms in total. The third-order valence-electron chi connectivity index (χ3n) is 2.62. The molecule has 0 aliphatic carbocycles. The van der Waals surface area contributed by atoms with Crippen molar-refractivity contribution >= 4 is 5.91 Å². The zero-order valence-corrected chi connectivity index (χ0v) is 9.00. The number of nitrogens with one attached hydrogen (secondary N) is 1. The molecule has 5 heteroatoms. The number of carbonyl (C=O) groups is 1. The first-order valence-corrected chi connectivity index (χ1v) is 5.11. The van der Waals surface area contributed by atoms with Crippen LogP contribution in [-0.4, -0.2) is 29.6 Å². The van der Waals surface area contributed by atoms with E-state index in [-0.39, 0.29) is 11.4 Å². The highest BCUT2D eigenvalue weighted by Crippen LogP contribution is 2.18. The summed E-state index contributed by atoms with van der Waals surface area (Å²) < 4.78 is 17.8. The summed E-state index contributed by atoms with van der Waals surface area (Å²) in [6.45, 7) is 3.08. The smallest absolute Gasteiger partial charge is 0.253 e. The zero-order valence-electron chi connectivity index (χ0n) is 9.00. The van der Waals surface area contributed by atoms with Crippen molar-refractivity contribution in [2.45, 2.75) is 18.9 Å². The number of hydrogen-bond acceptors (Lipinski definition) is 3. The SMILES string of the molecule is CC1(NC(=O)c2ccc(F)nc2)CCOC1. The first-order valence-electron chi connectivity index (χ1n) is 5.11. The van der Waals surface area contributed by atoms with E-state index in [9.17, 15) is 9.18 Å². The monoisotopic (exact) mass is 224 g/mol. The molecule has 0 radical (unpaired) electrons. The van der Waals surface area contributed by atoms with Gasteiger partial charge in [0.2, 0.25) is 5.95 Å². The molecule has 1 saturated heterocycles. The number of carbonyl (C=O) groups excluding carboxylic acids is 1. The molecule has 1 aromatic heterocycles. The Morgan fingerprint density at radius 2 is 2.44 bits per heavy atom. The normalized spacial score (nSPS) is 24.4. The summed E-state index contributed by atoms with van der Waals surface area (Å²) in [5.74, 6) is -0.840. The molecule has 2 rings (SSSR count). The topological polar surface area (TPSA) is 51.2 Å². The number of amides is 1. The van der Waals surface area contributed by atoms with Gasteiger partial charge in [-0.2, -0.15) is 4.39 Å². The van der Waals surface area contributed by atoms with Gasteiger partial charge in [-0.1, -0.05) is 0 Å². The fourth-order valence-electron chi connectivity index (χ4n) is 1.62. The molecular weight excluding hydrogens is 211 g/mol. The van der Waals surface area contributed by atoms with Crippen LogP contribution in [0.2, 0.25) is 0 Å². The highest BCUT2D eigenvalue weighted by molar-refractivity contribution is 5.94. The van der Waals surface area contributed by atoms with E-state index in [0.717, 1.165) is 6.42 Å². The summed E-state index contributed by atoms with van der Waals surface area (Å²) in [7, 11) is 0. The number of pyridine rings is 1. The lowest BCUT2D eigenvalue weighted by atomic mass is 10.0. The standard InChI is InChI=1S/C11H13FN2O2/c1-11(4-5-16-7-11)14-10(15)8-2-3-9(12)13-6-8/h2-3,6H,4-5,7H2,1H3,(H,14,15). The van der Waals surface area contributed by atoms with Crippen molar-refractivity contribution < 1.29 is 13.9 Å². The number of ether oxygens (including phenoxy) is 1. The Bertz CT molecular complexity index is 385. The summed E-state index contributed by atoms with van der Waals surface area (Å²) >= 11 is 0. The third kappa shape index (κ3) is 2.36. The predicted octanol–water partition coefficient (Wildman–Crippen LogP) is 1.13. The van der Waals surface area contributed by atoms with Gasteiger partial charge in [-0.15, -0.1) is 0 Å². The fraction of sp³-hybridized carbons (Fsp3) is 0.455. The maximum atomic E-state index is 12.6. The van der Waals surface area contributed by atoms with Crippen LogP contribution >= 0.6 is 0 Å². The number of hydrogen-bond donors (Lipinski definition) is 1. The van der Waals surface area contributed by atoms with E-state index in [1.807, 2.05) is 6.92 Å². The van der Waals surface area contributed by atoms with E-state index in [1.165, 1.54) is 18.3 Å². The van der Waals surface area contributed by atoms with Gasteiger partial charge < -0.3 is 10.1 Å². The molecule has 1 fully saturated rings. The molecule has 1 aliphatic heterocycles. The number of nitrogens with zero attached hydrogens (tertiary/aromatic N) is 1. The zero-order chi connectivity index (χ0) is 11.6. The molecule has 0 spiro atoms. The average Bonchev–Trinajstić information content (AvgIpc) is 2.65. The Hall–Kier alpha value is -1.49. The van der Waals surface area contributed by atoms with E-state index in [1.54, 1.807) is 0 Å². The molecule has 1 atom stereocenters. The first-order chi connectivity index (χ1) is 7.59. The summed E-state index contributed by atoms with van der Waals surface area (Å²) in [6, 6.07) is 2.58. The van der Waals surface area contributed by atoms with Crippen molar-refractivity contribution in [2.24, 2.45) is 0 Å².